The van der Waals surface area contributed by atoms with E-state index in [2.05, 4.69) is 29.5 Å². The van der Waals surface area contributed by atoms with Crippen molar-refractivity contribution in [3.8, 4) is 0 Å². The summed E-state index contributed by atoms with van der Waals surface area (Å²) in [5, 5.41) is 6.54. The fraction of sp³-hybridized carbons (Fsp3) is 0.562. The average molecular weight is 437 g/mol. The van der Waals surface area contributed by atoms with Crippen LogP contribution in [0.4, 0.5) is 0 Å². The van der Waals surface area contributed by atoms with E-state index in [0.29, 0.717) is 18.2 Å². The monoisotopic (exact) mass is 437 g/mol. The van der Waals surface area contributed by atoms with Gasteiger partial charge in [0.15, 0.2) is 5.96 Å². The van der Waals surface area contributed by atoms with Crippen molar-refractivity contribution in [3.63, 3.8) is 0 Å². The molecule has 0 aliphatic carbocycles. The summed E-state index contributed by atoms with van der Waals surface area (Å²) in [6.07, 6.45) is 2.33. The lowest BCUT2D eigenvalue weighted by Crippen LogP contribution is -2.41. The molecule has 0 saturated carbocycles. The number of benzene rings is 1. The van der Waals surface area contributed by atoms with E-state index in [9.17, 15) is 4.21 Å². The summed E-state index contributed by atoms with van der Waals surface area (Å²) < 4.78 is 12.1. The minimum absolute atomic E-state index is 0. The second-order valence-electron chi connectivity index (χ2n) is 4.93. The van der Waals surface area contributed by atoms with Gasteiger partial charge in [0.05, 0.1) is 10.8 Å². The molecule has 4 nitrogen and oxygen atoms in total. The van der Waals surface area contributed by atoms with Crippen LogP contribution < -0.4 is 10.6 Å². The zero-order valence-corrected chi connectivity index (χ0v) is 16.8. The van der Waals surface area contributed by atoms with Crippen LogP contribution in [0.25, 0.3) is 0 Å². The van der Waals surface area contributed by atoms with Gasteiger partial charge in [-0.2, -0.15) is 0 Å². The molecule has 6 heteroatoms. The van der Waals surface area contributed by atoms with Gasteiger partial charge in [-0.25, -0.2) is 0 Å². The van der Waals surface area contributed by atoms with E-state index < -0.39 is 10.8 Å². The van der Waals surface area contributed by atoms with Crippen molar-refractivity contribution >= 4 is 40.7 Å². The Labute approximate surface area is 154 Å². The first-order valence-corrected chi connectivity index (χ1v) is 8.91. The average Bonchev–Trinajstić information content (AvgIpc) is 2.54. The number of hydrogen-bond donors (Lipinski definition) is 2. The van der Waals surface area contributed by atoms with Gasteiger partial charge in [-0.3, -0.25) is 9.20 Å². The van der Waals surface area contributed by atoms with E-state index in [1.54, 1.807) is 7.05 Å². The Bertz CT molecular complexity index is 450. The summed E-state index contributed by atoms with van der Waals surface area (Å²) in [5.41, 5.74) is 0. The van der Waals surface area contributed by atoms with Gasteiger partial charge >= 0.3 is 0 Å². The Morgan fingerprint density at radius 1 is 1.18 bits per heavy atom. The van der Waals surface area contributed by atoms with Crippen molar-refractivity contribution in [2.24, 2.45) is 10.9 Å². The number of nitrogens with zero attached hydrogens (tertiary/aromatic N) is 1. The third kappa shape index (κ3) is 8.12. The highest BCUT2D eigenvalue weighted by molar-refractivity contribution is 14.0. The molecule has 0 heterocycles. The van der Waals surface area contributed by atoms with Gasteiger partial charge in [0.1, 0.15) is 0 Å². The van der Waals surface area contributed by atoms with E-state index in [-0.39, 0.29) is 24.0 Å². The Balaban J connectivity index is 0.00000441. The van der Waals surface area contributed by atoms with Gasteiger partial charge < -0.3 is 10.6 Å². The molecule has 0 bridgehead atoms. The quantitative estimate of drug-likeness (QED) is 0.374. The number of hydrogen-bond acceptors (Lipinski definition) is 2. The molecule has 0 amide bonds. The van der Waals surface area contributed by atoms with Crippen LogP contribution >= 0.6 is 24.0 Å². The van der Waals surface area contributed by atoms with Gasteiger partial charge in [-0.05, 0) is 18.1 Å². The zero-order chi connectivity index (χ0) is 15.5. The largest absolute Gasteiger partial charge is 0.356 e. The standard InChI is InChI=1S/C16H27N3OS.HI/c1-4-14(5-2)13-19-16(17-3)18-11-12-21(20)15-9-7-6-8-10-15;/h6-10,14H,4-5,11-13H2,1-3H3,(H2,17,18,19);1H. The summed E-state index contributed by atoms with van der Waals surface area (Å²) in [5.74, 6) is 2.03. The van der Waals surface area contributed by atoms with Gasteiger partial charge in [-0.15, -0.1) is 24.0 Å². The lowest BCUT2D eigenvalue weighted by atomic mass is 10.0. The van der Waals surface area contributed by atoms with Crippen LogP contribution in [0.15, 0.2) is 40.2 Å². The van der Waals surface area contributed by atoms with E-state index in [1.165, 1.54) is 12.8 Å². The molecule has 0 aliphatic rings. The summed E-state index contributed by atoms with van der Waals surface area (Å²) in [7, 11) is 0.797. The van der Waals surface area contributed by atoms with Crippen LogP contribution in [0.5, 0.6) is 0 Å². The zero-order valence-electron chi connectivity index (χ0n) is 13.7. The summed E-state index contributed by atoms with van der Waals surface area (Å²) in [6, 6.07) is 9.56. The first-order valence-electron chi connectivity index (χ1n) is 7.59. The first kappa shape index (κ1) is 21.4. The van der Waals surface area contributed by atoms with Crippen molar-refractivity contribution < 1.29 is 4.21 Å². The highest BCUT2D eigenvalue weighted by Gasteiger charge is 2.06. The molecule has 1 aromatic rings. The molecule has 0 aromatic heterocycles. The molecule has 1 aromatic carbocycles. The molecule has 0 aliphatic heterocycles. The molecule has 126 valence electrons. The van der Waals surface area contributed by atoms with Crippen LogP contribution in [-0.4, -0.2) is 36.1 Å². The van der Waals surface area contributed by atoms with E-state index in [1.807, 2.05) is 30.3 Å². The lowest BCUT2D eigenvalue weighted by Gasteiger charge is -2.16. The summed E-state index contributed by atoms with van der Waals surface area (Å²) in [6.45, 7) is 5.97. The van der Waals surface area contributed by atoms with Crippen molar-refractivity contribution in [2.45, 2.75) is 31.6 Å². The lowest BCUT2D eigenvalue weighted by molar-refractivity contribution is 0.481. The number of guanidine groups is 1. The molecule has 1 unspecified atom stereocenters. The van der Waals surface area contributed by atoms with E-state index in [4.69, 9.17) is 0 Å². The predicted molar refractivity (Wildman–Crippen MR) is 107 cm³/mol. The second kappa shape index (κ2) is 12.9. The minimum atomic E-state index is -0.963. The second-order valence-corrected chi connectivity index (χ2v) is 6.50. The van der Waals surface area contributed by atoms with Crippen LogP contribution in [0.1, 0.15) is 26.7 Å². The van der Waals surface area contributed by atoms with Crippen LogP contribution in [0.2, 0.25) is 0 Å². The fourth-order valence-corrected chi connectivity index (χ4v) is 2.98. The number of halogens is 1. The Kier molecular flexibility index (Phi) is 12.5. The molecule has 0 spiro atoms. The maximum absolute atomic E-state index is 12.1. The normalized spacial score (nSPS) is 12.6. The third-order valence-corrected chi connectivity index (χ3v) is 4.90. The molecule has 1 atom stereocenters. The SMILES string of the molecule is CCC(CC)CNC(=NC)NCCS(=O)c1ccccc1.I. The maximum atomic E-state index is 12.1. The minimum Gasteiger partial charge on any atom is -0.356 e. The Morgan fingerprint density at radius 2 is 1.82 bits per heavy atom. The van der Waals surface area contributed by atoms with Crippen molar-refractivity contribution in [1.29, 1.82) is 0 Å². The first-order chi connectivity index (χ1) is 10.2. The third-order valence-electron chi connectivity index (χ3n) is 3.52. The van der Waals surface area contributed by atoms with Crippen LogP contribution in [0, 0.1) is 5.92 Å². The van der Waals surface area contributed by atoms with Crippen LogP contribution in [0.3, 0.4) is 0 Å². The Hall–Kier alpha value is -0.630. The molecule has 0 radical (unpaired) electrons. The van der Waals surface area contributed by atoms with Gasteiger partial charge in [-0.1, -0.05) is 44.9 Å². The topological polar surface area (TPSA) is 53.5 Å². The van der Waals surface area contributed by atoms with Crippen molar-refractivity contribution in [3.05, 3.63) is 30.3 Å². The molecule has 0 fully saturated rings. The molecule has 1 rings (SSSR count). The molecule has 0 saturated heterocycles. The van der Waals surface area contributed by atoms with Crippen LogP contribution in [-0.2, 0) is 10.8 Å². The fourth-order valence-electron chi connectivity index (χ4n) is 1.99. The predicted octanol–water partition coefficient (Wildman–Crippen LogP) is 3.01. The highest BCUT2D eigenvalue weighted by atomic mass is 127. The Morgan fingerprint density at radius 3 is 2.36 bits per heavy atom. The van der Waals surface area contributed by atoms with E-state index >= 15 is 0 Å². The molecule has 2 N–H and O–H groups in total. The van der Waals surface area contributed by atoms with Crippen molar-refractivity contribution in [2.75, 3.05) is 25.9 Å². The van der Waals surface area contributed by atoms with Gasteiger partial charge in [0, 0.05) is 30.8 Å². The maximum Gasteiger partial charge on any atom is 0.191 e. The summed E-state index contributed by atoms with van der Waals surface area (Å²) >= 11 is 0. The number of nitrogens with one attached hydrogen (secondary N) is 2. The smallest absolute Gasteiger partial charge is 0.191 e. The van der Waals surface area contributed by atoms with Crippen molar-refractivity contribution in [1.82, 2.24) is 10.6 Å². The van der Waals surface area contributed by atoms with Gasteiger partial charge in [0.25, 0.3) is 0 Å². The summed E-state index contributed by atoms with van der Waals surface area (Å²) in [4.78, 5) is 5.07. The highest BCUT2D eigenvalue weighted by Crippen LogP contribution is 2.05. The molecular formula is C16H28IN3OS. The van der Waals surface area contributed by atoms with E-state index in [0.717, 1.165) is 17.4 Å². The molecule has 22 heavy (non-hydrogen) atoms. The molecular weight excluding hydrogens is 409 g/mol. The van der Waals surface area contributed by atoms with Gasteiger partial charge in [0.2, 0.25) is 0 Å². The number of aliphatic imine (C=N–C) groups is 1. The number of rotatable bonds is 8.